The number of hydrogen-bond acceptors (Lipinski definition) is 1. The molecular weight excluding hydrogens is 439 g/mol. The van der Waals surface area contributed by atoms with Gasteiger partial charge in [-0.2, -0.15) is 6.42 Å². The SMILES string of the molecule is [CH2-]CCCCC[C@@H]1[C@@H](CCc2cc(Cl)cc(Cl)c2)[C@H](O)C[C@H]1Cl.[Y]. The van der Waals surface area contributed by atoms with E-state index in [1.54, 1.807) is 6.07 Å². The van der Waals surface area contributed by atoms with Crippen molar-refractivity contribution in [1.82, 2.24) is 0 Å². The number of benzene rings is 1. The second-order valence-electron chi connectivity index (χ2n) is 6.67. The average molecular weight is 466 g/mol. The zero-order valence-electron chi connectivity index (χ0n) is 14.1. The zero-order valence-corrected chi connectivity index (χ0v) is 19.2. The number of aliphatic hydroxyl groups is 1. The molecule has 133 valence electrons. The van der Waals surface area contributed by atoms with Gasteiger partial charge in [0.25, 0.3) is 0 Å². The van der Waals surface area contributed by atoms with Crippen LogP contribution in [-0.4, -0.2) is 16.6 Å². The summed E-state index contributed by atoms with van der Waals surface area (Å²) in [6, 6.07) is 5.66. The van der Waals surface area contributed by atoms with Crippen LogP contribution in [0.2, 0.25) is 10.0 Å². The molecule has 0 aliphatic heterocycles. The van der Waals surface area contributed by atoms with Gasteiger partial charge >= 0.3 is 0 Å². The summed E-state index contributed by atoms with van der Waals surface area (Å²) in [5, 5.41) is 11.8. The van der Waals surface area contributed by atoms with Gasteiger partial charge in [-0.05, 0) is 61.3 Å². The molecule has 24 heavy (non-hydrogen) atoms. The number of halogens is 3. The van der Waals surface area contributed by atoms with Crippen LogP contribution in [0, 0.1) is 18.8 Å². The van der Waals surface area contributed by atoms with E-state index in [1.165, 1.54) is 19.3 Å². The maximum absolute atomic E-state index is 10.4. The Balaban J connectivity index is 0.00000288. The van der Waals surface area contributed by atoms with Crippen molar-refractivity contribution in [3.63, 3.8) is 0 Å². The minimum atomic E-state index is -0.287. The Bertz CT molecular complexity index is 477. The number of unbranched alkanes of at least 4 members (excludes halogenated alkanes) is 3. The molecular formula is C19H26Cl3OY-. The van der Waals surface area contributed by atoms with Crippen molar-refractivity contribution in [3.8, 4) is 0 Å². The molecule has 0 spiro atoms. The molecule has 0 heterocycles. The van der Waals surface area contributed by atoms with Gasteiger partial charge in [0.2, 0.25) is 0 Å². The van der Waals surface area contributed by atoms with Crippen LogP contribution in [0.4, 0.5) is 0 Å². The summed E-state index contributed by atoms with van der Waals surface area (Å²) in [5.74, 6) is 0.682. The van der Waals surface area contributed by atoms with E-state index < -0.39 is 0 Å². The Kier molecular flexibility index (Phi) is 11.4. The van der Waals surface area contributed by atoms with Gasteiger partial charge in [-0.3, -0.25) is 0 Å². The normalized spacial score (nSPS) is 26.4. The van der Waals surface area contributed by atoms with Gasteiger partial charge in [-0.25, -0.2) is 0 Å². The van der Waals surface area contributed by atoms with Gasteiger partial charge in [-0.15, -0.1) is 11.6 Å². The monoisotopic (exact) mass is 464 g/mol. The summed E-state index contributed by atoms with van der Waals surface area (Å²) >= 11 is 18.6. The minimum Gasteiger partial charge on any atom is -0.393 e. The number of hydrogen-bond donors (Lipinski definition) is 1. The van der Waals surface area contributed by atoms with Crippen molar-refractivity contribution in [2.45, 2.75) is 62.8 Å². The van der Waals surface area contributed by atoms with Crippen LogP contribution in [0.5, 0.6) is 0 Å². The van der Waals surface area contributed by atoms with E-state index in [0.29, 0.717) is 22.4 Å². The molecule has 0 amide bonds. The number of aryl methyl sites for hydroxylation is 1. The van der Waals surface area contributed by atoms with Crippen LogP contribution in [0.1, 0.15) is 50.5 Å². The van der Waals surface area contributed by atoms with Gasteiger partial charge in [0.15, 0.2) is 0 Å². The topological polar surface area (TPSA) is 20.2 Å². The fraction of sp³-hybridized carbons (Fsp3) is 0.632. The van der Waals surface area contributed by atoms with Crippen molar-refractivity contribution in [2.75, 3.05) is 0 Å². The zero-order chi connectivity index (χ0) is 16.8. The Morgan fingerprint density at radius 2 is 1.67 bits per heavy atom. The Morgan fingerprint density at radius 1 is 1.00 bits per heavy atom. The number of alkyl halides is 1. The Morgan fingerprint density at radius 3 is 2.29 bits per heavy atom. The molecule has 1 radical (unpaired) electrons. The van der Waals surface area contributed by atoms with Crippen LogP contribution in [0.25, 0.3) is 0 Å². The van der Waals surface area contributed by atoms with Crippen LogP contribution in [0.15, 0.2) is 18.2 Å². The molecule has 1 aromatic rings. The molecule has 5 heteroatoms. The predicted octanol–water partition coefficient (Wildman–Crippen LogP) is 6.31. The third-order valence-corrected chi connectivity index (χ3v) is 5.89. The van der Waals surface area contributed by atoms with E-state index in [-0.39, 0.29) is 50.1 Å². The van der Waals surface area contributed by atoms with E-state index in [4.69, 9.17) is 34.8 Å². The third kappa shape index (κ3) is 7.05. The van der Waals surface area contributed by atoms with Crippen LogP contribution in [-0.2, 0) is 39.1 Å². The molecule has 4 atom stereocenters. The van der Waals surface area contributed by atoms with Gasteiger partial charge in [-0.1, -0.05) is 42.5 Å². The quantitative estimate of drug-likeness (QED) is 0.271. The molecule has 0 bridgehead atoms. The fourth-order valence-electron chi connectivity index (χ4n) is 3.76. The van der Waals surface area contributed by atoms with Gasteiger partial charge < -0.3 is 12.0 Å². The number of rotatable bonds is 8. The van der Waals surface area contributed by atoms with E-state index in [1.807, 2.05) is 12.1 Å². The first-order chi connectivity index (χ1) is 11.0. The smallest absolute Gasteiger partial charge is 0.0585 e. The molecule has 2 rings (SSSR count). The summed E-state index contributed by atoms with van der Waals surface area (Å²) in [7, 11) is 0. The molecule has 1 aromatic carbocycles. The number of aliphatic hydroxyl groups excluding tert-OH is 1. The first kappa shape index (κ1) is 23.2. The van der Waals surface area contributed by atoms with Crippen LogP contribution >= 0.6 is 34.8 Å². The summed E-state index contributed by atoms with van der Waals surface area (Å²) < 4.78 is 0. The van der Waals surface area contributed by atoms with Crippen molar-refractivity contribution < 1.29 is 37.8 Å². The Hall–Kier alpha value is 1.15. The third-order valence-electron chi connectivity index (χ3n) is 4.95. The van der Waals surface area contributed by atoms with Gasteiger partial charge in [0.05, 0.1) is 6.10 Å². The minimum absolute atomic E-state index is 0. The molecule has 1 nitrogen and oxygen atoms in total. The molecule has 1 N–H and O–H groups in total. The molecule has 1 aliphatic rings. The first-order valence-corrected chi connectivity index (χ1v) is 9.77. The van der Waals surface area contributed by atoms with Crippen molar-refractivity contribution >= 4 is 34.8 Å². The maximum atomic E-state index is 10.4. The molecule has 1 aliphatic carbocycles. The van der Waals surface area contributed by atoms with E-state index in [9.17, 15) is 5.11 Å². The largest absolute Gasteiger partial charge is 0.393 e. The molecule has 0 saturated heterocycles. The van der Waals surface area contributed by atoms with E-state index in [0.717, 1.165) is 31.2 Å². The summed E-state index contributed by atoms with van der Waals surface area (Å²) in [5.41, 5.74) is 1.13. The van der Waals surface area contributed by atoms with Gasteiger partial charge in [0, 0.05) is 48.1 Å². The van der Waals surface area contributed by atoms with E-state index in [2.05, 4.69) is 6.92 Å². The summed E-state index contributed by atoms with van der Waals surface area (Å²) in [6.45, 7) is 3.89. The van der Waals surface area contributed by atoms with Crippen LogP contribution in [0.3, 0.4) is 0 Å². The summed E-state index contributed by atoms with van der Waals surface area (Å²) in [6.07, 6.45) is 7.89. The standard InChI is InChI=1S/C19H26Cl3O.Y/c1-2-3-4-5-6-16-17(19(23)12-18(16)22)8-7-13-9-14(20)11-15(21)10-13;/h9-11,16-19,23H,1-8,12H2;/q-1;/t16-,17-,18-,19-;/m1./s1. The maximum Gasteiger partial charge on any atom is 0.0585 e. The van der Waals surface area contributed by atoms with Gasteiger partial charge in [0.1, 0.15) is 0 Å². The molecule has 1 fully saturated rings. The average Bonchev–Trinajstić information content (AvgIpc) is 2.74. The first-order valence-electron chi connectivity index (χ1n) is 8.57. The van der Waals surface area contributed by atoms with Crippen molar-refractivity contribution in [3.05, 3.63) is 40.7 Å². The Labute approximate surface area is 186 Å². The molecule has 0 unspecified atom stereocenters. The fourth-order valence-corrected chi connectivity index (χ4v) is 4.82. The van der Waals surface area contributed by atoms with E-state index >= 15 is 0 Å². The molecule has 0 aromatic heterocycles. The van der Waals surface area contributed by atoms with Crippen LogP contribution < -0.4 is 0 Å². The second-order valence-corrected chi connectivity index (χ2v) is 8.10. The van der Waals surface area contributed by atoms with Crippen molar-refractivity contribution in [1.29, 1.82) is 0 Å². The second kappa shape index (κ2) is 11.8. The predicted molar refractivity (Wildman–Crippen MR) is 100 cm³/mol. The molecule has 1 saturated carbocycles. The summed E-state index contributed by atoms with van der Waals surface area (Å²) in [4.78, 5) is 0. The van der Waals surface area contributed by atoms with Crippen molar-refractivity contribution in [2.24, 2.45) is 11.8 Å².